The Morgan fingerprint density at radius 2 is 1.62 bits per heavy atom. The molecule has 16 heteroatoms. The van der Waals surface area contributed by atoms with Gasteiger partial charge in [-0.1, -0.05) is 44.6 Å². The van der Waals surface area contributed by atoms with Gasteiger partial charge in [-0.2, -0.15) is 0 Å². The van der Waals surface area contributed by atoms with Crippen LogP contribution in [-0.4, -0.2) is 108 Å². The number of hydrogen-bond acceptors (Lipinski definition) is 10. The summed E-state index contributed by atoms with van der Waals surface area (Å²) in [6.07, 6.45) is 1.54. The van der Waals surface area contributed by atoms with Crippen LogP contribution in [-0.2, 0) is 30.5 Å². The van der Waals surface area contributed by atoms with Crippen molar-refractivity contribution in [2.24, 2.45) is 28.2 Å². The third kappa shape index (κ3) is 9.47. The minimum Gasteiger partial charge on any atom is -0.445 e. The molecule has 1 radical (unpaired) electrons. The topological polar surface area (TPSA) is 236 Å². The molecule has 0 heterocycles. The number of nitrogens with zero attached hydrogens (tertiary/aromatic N) is 2. The Bertz CT molecular complexity index is 1730. The molecule has 301 valence electrons. The summed E-state index contributed by atoms with van der Waals surface area (Å²) in [6.45, 7) is 13.5. The second-order valence-electron chi connectivity index (χ2n) is 15.7. The van der Waals surface area contributed by atoms with Gasteiger partial charge >= 0.3 is 18.2 Å². The van der Waals surface area contributed by atoms with Crippen LogP contribution in [0.25, 0.3) is 0 Å². The summed E-state index contributed by atoms with van der Waals surface area (Å²) in [7, 11) is 3.08. The summed E-state index contributed by atoms with van der Waals surface area (Å²) >= 11 is 0. The van der Waals surface area contributed by atoms with Crippen molar-refractivity contribution < 1.29 is 43.3 Å². The molecule has 1 aromatic carbocycles. The van der Waals surface area contributed by atoms with E-state index in [0.717, 1.165) is 5.57 Å². The molecule has 8 N–H and O–H groups in total. The molecule has 1 fully saturated rings. The first-order valence-corrected chi connectivity index (χ1v) is 18.5. The van der Waals surface area contributed by atoms with Gasteiger partial charge in [0.2, 0.25) is 11.8 Å². The molecule has 1 aromatic rings. The van der Waals surface area contributed by atoms with E-state index in [4.69, 9.17) is 20.9 Å². The van der Waals surface area contributed by atoms with Crippen molar-refractivity contribution in [3.63, 3.8) is 0 Å². The zero-order valence-electron chi connectivity index (χ0n) is 32.8. The molecular formula is C39H56N7O9. The van der Waals surface area contributed by atoms with Crippen LogP contribution >= 0.6 is 0 Å². The summed E-state index contributed by atoms with van der Waals surface area (Å²) in [4.78, 5) is 78.8. The van der Waals surface area contributed by atoms with Crippen molar-refractivity contribution in [3.8, 4) is 0 Å². The van der Waals surface area contributed by atoms with Crippen LogP contribution in [0.15, 0.2) is 47.1 Å². The highest BCUT2D eigenvalue weighted by atomic mass is 16.6. The van der Waals surface area contributed by atoms with Gasteiger partial charge in [0.05, 0.1) is 6.04 Å². The molecule has 1 spiro atoms. The number of benzene rings is 1. The van der Waals surface area contributed by atoms with Crippen LogP contribution in [0.5, 0.6) is 0 Å². The number of hydrogen-bond donors (Lipinski definition) is 6. The van der Waals surface area contributed by atoms with Crippen LogP contribution in [0.2, 0.25) is 0 Å². The Morgan fingerprint density at radius 1 is 1.02 bits per heavy atom. The first-order valence-electron chi connectivity index (χ1n) is 18.5. The molecule has 0 saturated heterocycles. The van der Waals surface area contributed by atoms with Crippen molar-refractivity contribution >= 4 is 41.5 Å². The Hall–Kier alpha value is -4.96. The number of primary amides is 1. The van der Waals surface area contributed by atoms with Crippen molar-refractivity contribution in [2.45, 2.75) is 90.7 Å². The second kappa shape index (κ2) is 16.8. The molecule has 4 rings (SSSR count). The Kier molecular flexibility index (Phi) is 13.1. The predicted octanol–water partition coefficient (Wildman–Crippen LogP) is 2.76. The number of nitrogens with one attached hydrogen (secondary N) is 3. The van der Waals surface area contributed by atoms with E-state index in [1.165, 1.54) is 16.8 Å². The van der Waals surface area contributed by atoms with Crippen molar-refractivity contribution in [2.75, 3.05) is 39.0 Å². The number of carbonyl (C=O) groups is 6. The number of ether oxygens (including phenoxy) is 2. The number of Topliss-reactive ketones (excluding diaryl/α,β-unsaturated/α-hetero) is 1. The number of carbonyl (C=O) groups excluding carboxylic acids is 6. The van der Waals surface area contributed by atoms with E-state index < -0.39 is 64.7 Å². The molecule has 3 aliphatic rings. The van der Waals surface area contributed by atoms with E-state index in [1.807, 2.05) is 6.92 Å². The Balaban J connectivity index is 1.26. The number of anilines is 1. The third-order valence-corrected chi connectivity index (χ3v) is 10.9. The molecule has 0 aromatic heterocycles. The Morgan fingerprint density at radius 3 is 2.18 bits per heavy atom. The average molecular weight is 767 g/mol. The highest BCUT2D eigenvalue weighted by Crippen LogP contribution is 2.65. The van der Waals surface area contributed by atoms with Gasteiger partial charge in [0.15, 0.2) is 5.78 Å². The molecule has 55 heavy (non-hydrogen) atoms. The Labute approximate surface area is 322 Å². The van der Waals surface area contributed by atoms with E-state index in [0.29, 0.717) is 41.7 Å². The number of amides is 6. The maximum atomic E-state index is 13.3. The van der Waals surface area contributed by atoms with Gasteiger partial charge < -0.3 is 51.8 Å². The molecule has 2 unspecified atom stereocenters. The van der Waals surface area contributed by atoms with E-state index in [9.17, 15) is 33.9 Å². The lowest BCUT2D eigenvalue weighted by Gasteiger charge is -2.40. The molecule has 0 bridgehead atoms. The van der Waals surface area contributed by atoms with Gasteiger partial charge in [-0.15, -0.1) is 0 Å². The van der Waals surface area contributed by atoms with E-state index in [-0.39, 0.29) is 44.4 Å². The largest absolute Gasteiger partial charge is 0.445 e. The zero-order valence-corrected chi connectivity index (χ0v) is 32.8. The highest BCUT2D eigenvalue weighted by Gasteiger charge is 2.66. The van der Waals surface area contributed by atoms with Gasteiger partial charge in [0.1, 0.15) is 24.4 Å². The van der Waals surface area contributed by atoms with Gasteiger partial charge in [0.25, 0.3) is 0 Å². The summed E-state index contributed by atoms with van der Waals surface area (Å²) in [5, 5.41) is 19.1. The van der Waals surface area contributed by atoms with Crippen LogP contribution in [0.3, 0.4) is 0 Å². The van der Waals surface area contributed by atoms with Crippen LogP contribution in [0.1, 0.15) is 65.9 Å². The van der Waals surface area contributed by atoms with Crippen LogP contribution in [0.4, 0.5) is 20.1 Å². The van der Waals surface area contributed by atoms with Crippen LogP contribution < -0.4 is 27.4 Å². The fraction of sp³-hybridized carbons (Fsp3) is 0.564. The fourth-order valence-electron chi connectivity index (χ4n) is 7.02. The summed E-state index contributed by atoms with van der Waals surface area (Å²) in [5.41, 5.74) is 10.9. The molecule has 1 saturated carbocycles. The van der Waals surface area contributed by atoms with Gasteiger partial charge in [-0.05, 0) is 70.1 Å². The lowest BCUT2D eigenvalue weighted by Crippen LogP contribution is -2.51. The van der Waals surface area contributed by atoms with Gasteiger partial charge in [0, 0.05) is 61.4 Å². The van der Waals surface area contributed by atoms with Crippen molar-refractivity contribution in [1.29, 1.82) is 0 Å². The number of nitrogens with two attached hydrogens (primary N) is 2. The van der Waals surface area contributed by atoms with E-state index in [2.05, 4.69) is 22.9 Å². The monoisotopic (exact) mass is 766 g/mol. The summed E-state index contributed by atoms with van der Waals surface area (Å²) in [5.74, 6) is -1.46. The maximum absolute atomic E-state index is 13.3. The quantitative estimate of drug-likeness (QED) is 0.143. The highest BCUT2D eigenvalue weighted by molar-refractivity contribution is 6.09. The summed E-state index contributed by atoms with van der Waals surface area (Å²) in [6, 6.07) is 4.20. The maximum Gasteiger partial charge on any atom is 0.410 e. The smallest absolute Gasteiger partial charge is 0.410 e. The van der Waals surface area contributed by atoms with Crippen molar-refractivity contribution in [1.82, 2.24) is 20.4 Å². The average Bonchev–Trinajstić information content (AvgIpc) is 3.90. The number of aliphatic hydroxyl groups is 1. The fourth-order valence-corrected chi connectivity index (χ4v) is 7.02. The van der Waals surface area contributed by atoms with Gasteiger partial charge in [-0.25, -0.2) is 14.4 Å². The number of ketones is 1. The molecule has 3 aliphatic carbocycles. The zero-order chi connectivity index (χ0) is 41.0. The van der Waals surface area contributed by atoms with E-state index in [1.54, 1.807) is 65.1 Å². The van der Waals surface area contributed by atoms with E-state index >= 15 is 0 Å². The number of likely N-dealkylation sites (N-methyl/N-ethyl adjacent to an activating group) is 2. The number of rotatable bonds is 15. The number of fused-ring (bicyclic) bond motifs is 1. The lowest BCUT2D eigenvalue weighted by molar-refractivity contribution is -0.138. The van der Waals surface area contributed by atoms with Crippen molar-refractivity contribution in [3.05, 3.63) is 59.5 Å². The normalized spacial score (nSPS) is 21.5. The molecule has 0 aliphatic heterocycles. The minimum absolute atomic E-state index is 0.0609. The van der Waals surface area contributed by atoms with Crippen LogP contribution in [0, 0.1) is 23.7 Å². The molecule has 5 atom stereocenters. The first-order chi connectivity index (χ1) is 25.6. The predicted molar refractivity (Wildman–Crippen MR) is 204 cm³/mol. The number of urea groups is 1. The SMILES string of the molecule is [CH2]C1(C)C=C2C(=O)[C@](C)(O)C3(CC3)C(C)=C2C1OC(=O)N(C)CCN(C)C(=O)OCc1ccc(NC(=O)[C@H](CCCNC(N)=O)NC(=O)[C@@H](N)C(C)C)cc1. The molecular weight excluding hydrogens is 710 g/mol. The molecule has 16 nitrogen and oxygen atoms in total. The summed E-state index contributed by atoms with van der Waals surface area (Å²) < 4.78 is 11.4. The molecule has 6 amide bonds. The standard InChI is InChI=1S/C39H56N7O9/c1-22(2)29(40)33(49)44-27(10-9-17-42-34(41)50)32(48)43-25-13-11-24(12-14-25)21-54-35(51)45(7)18-19-46(8)36(52)55-31-28-23(3)39(15-16-39)38(6,53)30(47)26(28)20-37(31,4)5/h11-14,20,22,27,29,31,53H,4,9-10,15-19,21,40H2,1-3,5-8H3,(H,43,48)(H,44,49)(H3,41,42,50)/t27-,29-,31?,37?,38-/m0/s1. The second-order valence-corrected chi connectivity index (χ2v) is 15.7. The lowest BCUT2D eigenvalue weighted by atomic mass is 9.67. The minimum atomic E-state index is -1.53. The van der Waals surface area contributed by atoms with Gasteiger partial charge in [-0.3, -0.25) is 14.4 Å². The first kappa shape index (κ1) is 42.8. The third-order valence-electron chi connectivity index (χ3n) is 10.9.